The number of carboxylic acids is 1. The van der Waals surface area contributed by atoms with Gasteiger partial charge in [-0.15, -0.1) is 0 Å². The van der Waals surface area contributed by atoms with Crippen molar-refractivity contribution in [3.63, 3.8) is 0 Å². The van der Waals surface area contributed by atoms with Gasteiger partial charge in [-0.05, 0) is 29.2 Å². The molecule has 3 heteroatoms. The van der Waals surface area contributed by atoms with E-state index in [4.69, 9.17) is 5.11 Å². The van der Waals surface area contributed by atoms with E-state index in [1.54, 1.807) is 0 Å². The number of rotatable bonds is 5. The minimum absolute atomic E-state index is 0.133. The molecule has 1 aliphatic carbocycles. The van der Waals surface area contributed by atoms with Gasteiger partial charge in [0.1, 0.15) is 0 Å². The molecule has 0 amide bonds. The number of benzene rings is 2. The molecule has 2 aromatic carbocycles. The highest BCUT2D eigenvalue weighted by molar-refractivity contribution is 5.85. The molecule has 0 aromatic heterocycles. The van der Waals surface area contributed by atoms with Crippen LogP contribution in [0.15, 0.2) is 42.5 Å². The maximum atomic E-state index is 11.0. The number of fused-ring (bicyclic) bond motifs is 1. The molecule has 0 spiro atoms. The first-order valence-electron chi connectivity index (χ1n) is 6.66. The molecule has 1 saturated carbocycles. The van der Waals surface area contributed by atoms with Crippen LogP contribution in [-0.2, 0) is 11.3 Å². The van der Waals surface area contributed by atoms with Crippen molar-refractivity contribution in [1.82, 2.24) is 4.90 Å². The molecule has 0 radical (unpaired) electrons. The first-order valence-corrected chi connectivity index (χ1v) is 6.66. The van der Waals surface area contributed by atoms with Gasteiger partial charge in [-0.25, -0.2) is 0 Å². The Kier molecular flexibility index (Phi) is 3.22. The predicted octanol–water partition coefficient (Wildman–Crippen LogP) is 2.89. The number of hydrogen-bond donors (Lipinski definition) is 1. The van der Waals surface area contributed by atoms with Crippen molar-refractivity contribution in [3.8, 4) is 0 Å². The van der Waals surface area contributed by atoms with Crippen LogP contribution in [0.1, 0.15) is 18.4 Å². The summed E-state index contributed by atoms with van der Waals surface area (Å²) in [7, 11) is 0. The Morgan fingerprint density at radius 2 is 1.89 bits per heavy atom. The van der Waals surface area contributed by atoms with Crippen molar-refractivity contribution in [3.05, 3.63) is 48.0 Å². The second kappa shape index (κ2) is 5.02. The smallest absolute Gasteiger partial charge is 0.317 e. The second-order valence-electron chi connectivity index (χ2n) is 5.17. The van der Waals surface area contributed by atoms with Crippen molar-refractivity contribution in [2.45, 2.75) is 25.4 Å². The van der Waals surface area contributed by atoms with Gasteiger partial charge in [0.25, 0.3) is 0 Å². The molecule has 0 atom stereocenters. The number of carboxylic acid groups (broad SMARTS) is 1. The van der Waals surface area contributed by atoms with E-state index in [1.165, 1.54) is 16.3 Å². The zero-order valence-corrected chi connectivity index (χ0v) is 10.7. The summed E-state index contributed by atoms with van der Waals surface area (Å²) in [6, 6.07) is 15.0. The van der Waals surface area contributed by atoms with Crippen LogP contribution in [0.5, 0.6) is 0 Å². The first-order chi connectivity index (χ1) is 9.24. The Hall–Kier alpha value is -1.87. The zero-order valence-electron chi connectivity index (χ0n) is 10.7. The summed E-state index contributed by atoms with van der Waals surface area (Å²) in [6.07, 6.45) is 2.25. The van der Waals surface area contributed by atoms with Gasteiger partial charge in [0.05, 0.1) is 6.54 Å². The summed E-state index contributed by atoms with van der Waals surface area (Å²) in [5, 5.41) is 11.4. The van der Waals surface area contributed by atoms with E-state index in [-0.39, 0.29) is 6.54 Å². The highest BCUT2D eigenvalue weighted by Crippen LogP contribution is 2.29. The molecule has 0 saturated heterocycles. The quantitative estimate of drug-likeness (QED) is 0.893. The maximum Gasteiger partial charge on any atom is 0.317 e. The van der Waals surface area contributed by atoms with Crippen molar-refractivity contribution >= 4 is 16.7 Å². The molecule has 3 nitrogen and oxygen atoms in total. The van der Waals surface area contributed by atoms with Crippen molar-refractivity contribution in [2.75, 3.05) is 6.54 Å². The summed E-state index contributed by atoms with van der Waals surface area (Å²) in [5.74, 6) is -0.743. The lowest BCUT2D eigenvalue weighted by Gasteiger charge is -2.20. The van der Waals surface area contributed by atoms with E-state index in [1.807, 2.05) is 18.2 Å². The largest absolute Gasteiger partial charge is 0.480 e. The molecule has 0 aliphatic heterocycles. The average molecular weight is 255 g/mol. The van der Waals surface area contributed by atoms with Gasteiger partial charge >= 0.3 is 5.97 Å². The van der Waals surface area contributed by atoms with Crippen LogP contribution < -0.4 is 0 Å². The Morgan fingerprint density at radius 3 is 2.63 bits per heavy atom. The van der Waals surface area contributed by atoms with Crippen molar-refractivity contribution < 1.29 is 9.90 Å². The first kappa shape index (κ1) is 12.2. The van der Waals surface area contributed by atoms with Gasteiger partial charge in [0.15, 0.2) is 0 Å². The van der Waals surface area contributed by atoms with E-state index < -0.39 is 5.97 Å². The second-order valence-corrected chi connectivity index (χ2v) is 5.17. The van der Waals surface area contributed by atoms with Crippen LogP contribution in [0.3, 0.4) is 0 Å². The SMILES string of the molecule is O=C(O)CN(Cc1cccc2ccccc12)C1CC1. The molecule has 2 aromatic rings. The normalized spacial score (nSPS) is 15.0. The highest BCUT2D eigenvalue weighted by Gasteiger charge is 2.30. The van der Waals surface area contributed by atoms with E-state index in [9.17, 15) is 4.79 Å². The average Bonchev–Trinajstić information content (AvgIpc) is 3.22. The van der Waals surface area contributed by atoms with Gasteiger partial charge in [-0.2, -0.15) is 0 Å². The molecule has 1 aliphatic rings. The molecular weight excluding hydrogens is 238 g/mol. The minimum Gasteiger partial charge on any atom is -0.480 e. The molecule has 0 heterocycles. The van der Waals surface area contributed by atoms with E-state index in [0.29, 0.717) is 6.04 Å². The van der Waals surface area contributed by atoms with Crippen LogP contribution >= 0.6 is 0 Å². The monoisotopic (exact) mass is 255 g/mol. The number of carbonyl (C=O) groups is 1. The summed E-state index contributed by atoms with van der Waals surface area (Å²) < 4.78 is 0. The van der Waals surface area contributed by atoms with Gasteiger partial charge in [0.2, 0.25) is 0 Å². The summed E-state index contributed by atoms with van der Waals surface area (Å²) in [5.41, 5.74) is 1.21. The number of aliphatic carboxylic acids is 1. The fourth-order valence-electron chi connectivity index (χ4n) is 2.58. The lowest BCUT2D eigenvalue weighted by molar-refractivity contribution is -0.138. The lowest BCUT2D eigenvalue weighted by atomic mass is 10.0. The standard InChI is InChI=1S/C16H17NO2/c18-16(19)11-17(14-8-9-14)10-13-6-3-5-12-4-1-2-7-15(12)13/h1-7,14H,8-11H2,(H,18,19). The van der Waals surface area contributed by atoms with Gasteiger partial charge in [0, 0.05) is 12.6 Å². The fourth-order valence-corrected chi connectivity index (χ4v) is 2.58. The molecule has 1 fully saturated rings. The van der Waals surface area contributed by atoms with Gasteiger partial charge in [-0.3, -0.25) is 9.69 Å². The number of hydrogen-bond acceptors (Lipinski definition) is 2. The van der Waals surface area contributed by atoms with E-state index >= 15 is 0 Å². The Balaban J connectivity index is 1.89. The van der Waals surface area contributed by atoms with E-state index in [0.717, 1.165) is 19.4 Å². The summed E-state index contributed by atoms with van der Waals surface area (Å²) in [4.78, 5) is 13.0. The van der Waals surface area contributed by atoms with Crippen molar-refractivity contribution in [1.29, 1.82) is 0 Å². The van der Waals surface area contributed by atoms with Crippen LogP contribution in [0.2, 0.25) is 0 Å². The number of nitrogens with zero attached hydrogens (tertiary/aromatic N) is 1. The molecule has 0 unspecified atom stereocenters. The van der Waals surface area contributed by atoms with Crippen LogP contribution in [0.25, 0.3) is 10.8 Å². The molecule has 1 N–H and O–H groups in total. The third-order valence-electron chi connectivity index (χ3n) is 3.65. The lowest BCUT2D eigenvalue weighted by Crippen LogP contribution is -2.31. The maximum absolute atomic E-state index is 11.0. The Morgan fingerprint density at radius 1 is 1.16 bits per heavy atom. The van der Waals surface area contributed by atoms with Crippen LogP contribution in [0.4, 0.5) is 0 Å². The molecule has 3 rings (SSSR count). The molecule has 19 heavy (non-hydrogen) atoms. The molecule has 0 bridgehead atoms. The molecule has 98 valence electrons. The highest BCUT2D eigenvalue weighted by atomic mass is 16.4. The van der Waals surface area contributed by atoms with E-state index in [2.05, 4.69) is 29.2 Å². The Bertz CT molecular complexity index is 599. The summed E-state index contributed by atoms with van der Waals surface area (Å²) >= 11 is 0. The third kappa shape index (κ3) is 2.76. The molecular formula is C16H17NO2. The predicted molar refractivity (Wildman–Crippen MR) is 75.0 cm³/mol. The van der Waals surface area contributed by atoms with Crippen molar-refractivity contribution in [2.24, 2.45) is 0 Å². The fraction of sp³-hybridized carbons (Fsp3) is 0.312. The van der Waals surface area contributed by atoms with Crippen LogP contribution in [-0.4, -0.2) is 28.6 Å². The topological polar surface area (TPSA) is 40.5 Å². The zero-order chi connectivity index (χ0) is 13.2. The Labute approximate surface area is 112 Å². The van der Waals surface area contributed by atoms with Gasteiger partial charge < -0.3 is 5.11 Å². The third-order valence-corrected chi connectivity index (χ3v) is 3.65. The van der Waals surface area contributed by atoms with Crippen LogP contribution in [0, 0.1) is 0 Å². The summed E-state index contributed by atoms with van der Waals surface area (Å²) in [6.45, 7) is 0.853. The minimum atomic E-state index is -0.743. The van der Waals surface area contributed by atoms with Gasteiger partial charge in [-0.1, -0.05) is 42.5 Å².